The van der Waals surface area contributed by atoms with Gasteiger partial charge in [0.2, 0.25) is 5.91 Å². The molecule has 0 aliphatic carbocycles. The van der Waals surface area contributed by atoms with E-state index >= 15 is 0 Å². The maximum absolute atomic E-state index is 11.9. The smallest absolute Gasteiger partial charge is 0.408 e. The molecular formula is C17H21N3O3S. The van der Waals surface area contributed by atoms with Gasteiger partial charge in [0, 0.05) is 10.9 Å². The number of nitrogens with one attached hydrogen (secondary N) is 2. The van der Waals surface area contributed by atoms with Gasteiger partial charge in [-0.15, -0.1) is 11.3 Å². The molecule has 0 saturated carbocycles. The van der Waals surface area contributed by atoms with Gasteiger partial charge in [-0.25, -0.2) is 9.78 Å². The Morgan fingerprint density at radius 3 is 2.50 bits per heavy atom. The summed E-state index contributed by atoms with van der Waals surface area (Å²) in [5.74, 6) is -0.356. The van der Waals surface area contributed by atoms with Crippen LogP contribution in [0.3, 0.4) is 0 Å². The first-order chi connectivity index (χ1) is 11.2. The van der Waals surface area contributed by atoms with E-state index in [2.05, 4.69) is 15.6 Å². The van der Waals surface area contributed by atoms with Crippen LogP contribution < -0.4 is 10.6 Å². The predicted molar refractivity (Wildman–Crippen MR) is 95.2 cm³/mol. The van der Waals surface area contributed by atoms with E-state index < -0.39 is 11.7 Å². The molecular weight excluding hydrogens is 326 g/mol. The zero-order valence-corrected chi connectivity index (χ0v) is 15.0. The van der Waals surface area contributed by atoms with Crippen molar-refractivity contribution in [2.45, 2.75) is 33.3 Å². The molecule has 1 heterocycles. The van der Waals surface area contributed by atoms with Gasteiger partial charge in [-0.3, -0.25) is 4.79 Å². The van der Waals surface area contributed by atoms with Gasteiger partial charge >= 0.3 is 6.09 Å². The molecule has 0 radical (unpaired) electrons. The number of hydrogen-bond acceptors (Lipinski definition) is 5. The zero-order valence-electron chi connectivity index (χ0n) is 14.2. The van der Waals surface area contributed by atoms with Crippen molar-refractivity contribution in [3.63, 3.8) is 0 Å². The molecule has 0 unspecified atom stereocenters. The maximum atomic E-state index is 11.9. The van der Waals surface area contributed by atoms with Crippen molar-refractivity contribution in [3.8, 4) is 11.3 Å². The van der Waals surface area contributed by atoms with Crippen molar-refractivity contribution in [1.29, 1.82) is 0 Å². The van der Waals surface area contributed by atoms with Crippen LogP contribution in [-0.4, -0.2) is 29.1 Å². The fraction of sp³-hybridized carbons (Fsp3) is 0.353. The summed E-state index contributed by atoms with van der Waals surface area (Å²) in [5.41, 5.74) is 2.37. The van der Waals surface area contributed by atoms with Crippen LogP contribution in [0.2, 0.25) is 0 Å². The highest BCUT2D eigenvalue weighted by atomic mass is 32.1. The number of benzene rings is 1. The molecule has 0 aliphatic heterocycles. The minimum absolute atomic E-state index is 0.172. The molecule has 7 heteroatoms. The number of amides is 2. The van der Waals surface area contributed by atoms with Crippen LogP contribution in [0.1, 0.15) is 26.3 Å². The van der Waals surface area contributed by atoms with Gasteiger partial charge in [0.25, 0.3) is 0 Å². The number of alkyl carbamates (subject to hydrolysis) is 1. The normalized spacial score (nSPS) is 11.0. The summed E-state index contributed by atoms with van der Waals surface area (Å²) in [6, 6.07) is 8.00. The Balaban J connectivity index is 1.87. The van der Waals surface area contributed by atoms with Crippen molar-refractivity contribution in [2.75, 3.05) is 11.9 Å². The molecule has 0 fully saturated rings. The molecule has 128 valence electrons. The number of anilines is 1. The van der Waals surface area contributed by atoms with E-state index in [4.69, 9.17) is 4.74 Å². The lowest BCUT2D eigenvalue weighted by atomic mass is 10.1. The van der Waals surface area contributed by atoms with Crippen molar-refractivity contribution in [2.24, 2.45) is 0 Å². The number of aryl methyl sites for hydroxylation is 1. The van der Waals surface area contributed by atoms with Gasteiger partial charge in [-0.2, -0.15) is 0 Å². The second-order valence-corrected chi connectivity index (χ2v) is 7.17. The van der Waals surface area contributed by atoms with Crippen molar-refractivity contribution in [3.05, 3.63) is 35.2 Å². The molecule has 1 aromatic heterocycles. The summed E-state index contributed by atoms with van der Waals surface area (Å²) >= 11 is 1.33. The zero-order chi connectivity index (χ0) is 17.7. The fourth-order valence-corrected chi connectivity index (χ4v) is 2.55. The van der Waals surface area contributed by atoms with Gasteiger partial charge < -0.3 is 15.4 Å². The lowest BCUT2D eigenvalue weighted by Gasteiger charge is -2.19. The molecule has 2 aromatic rings. The Kier molecular flexibility index (Phi) is 5.56. The first-order valence-corrected chi connectivity index (χ1v) is 8.40. The number of aromatic nitrogens is 1. The second-order valence-electron chi connectivity index (χ2n) is 6.31. The summed E-state index contributed by atoms with van der Waals surface area (Å²) in [6.07, 6.45) is -0.628. The van der Waals surface area contributed by atoms with Gasteiger partial charge in [0.05, 0.1) is 5.69 Å². The Morgan fingerprint density at radius 2 is 1.88 bits per heavy atom. The Hall–Kier alpha value is -2.41. The van der Waals surface area contributed by atoms with E-state index in [0.29, 0.717) is 5.13 Å². The number of thiazole rings is 1. The monoisotopic (exact) mass is 347 g/mol. The summed E-state index contributed by atoms with van der Waals surface area (Å²) in [4.78, 5) is 27.7. The van der Waals surface area contributed by atoms with Crippen molar-refractivity contribution in [1.82, 2.24) is 10.3 Å². The van der Waals surface area contributed by atoms with Crippen LogP contribution in [0.15, 0.2) is 29.6 Å². The molecule has 2 amide bonds. The average Bonchev–Trinajstić information content (AvgIpc) is 2.92. The molecule has 0 spiro atoms. The van der Waals surface area contributed by atoms with Gasteiger partial charge in [0.1, 0.15) is 12.1 Å². The third-order valence-electron chi connectivity index (χ3n) is 2.89. The first-order valence-electron chi connectivity index (χ1n) is 7.52. The number of rotatable bonds is 4. The lowest BCUT2D eigenvalue weighted by molar-refractivity contribution is -0.115. The topological polar surface area (TPSA) is 80.3 Å². The standard InChI is InChI=1S/C17H21N3O3S/c1-11-5-7-12(8-6-11)13-10-24-15(19-13)20-14(21)9-18-16(22)23-17(2,3)4/h5-8,10H,9H2,1-4H3,(H,18,22)(H,19,20,21). The molecule has 2 N–H and O–H groups in total. The quantitative estimate of drug-likeness (QED) is 0.886. The van der Waals surface area contributed by atoms with Crippen molar-refractivity contribution >= 4 is 28.5 Å². The third kappa shape index (κ3) is 5.66. The lowest BCUT2D eigenvalue weighted by Crippen LogP contribution is -2.37. The van der Waals surface area contributed by atoms with Gasteiger partial charge in [-0.05, 0) is 27.7 Å². The fourth-order valence-electron chi connectivity index (χ4n) is 1.82. The molecule has 0 saturated heterocycles. The molecule has 0 bridgehead atoms. The van der Waals surface area contributed by atoms with E-state index in [1.54, 1.807) is 20.8 Å². The van der Waals surface area contributed by atoms with Crippen LogP contribution in [0.4, 0.5) is 9.93 Å². The summed E-state index contributed by atoms with van der Waals surface area (Å²) in [5, 5.41) is 7.43. The van der Waals surface area contributed by atoms with E-state index in [9.17, 15) is 9.59 Å². The second kappa shape index (κ2) is 7.44. The molecule has 0 aliphatic rings. The largest absolute Gasteiger partial charge is 0.444 e. The van der Waals surface area contributed by atoms with Crippen LogP contribution in [0.5, 0.6) is 0 Å². The molecule has 24 heavy (non-hydrogen) atoms. The predicted octanol–water partition coefficient (Wildman–Crippen LogP) is 3.58. The minimum Gasteiger partial charge on any atom is -0.444 e. The van der Waals surface area contributed by atoms with Crippen LogP contribution in [0, 0.1) is 6.92 Å². The number of ether oxygens (including phenoxy) is 1. The maximum Gasteiger partial charge on any atom is 0.408 e. The molecule has 1 aromatic carbocycles. The van der Waals surface area contributed by atoms with Gasteiger partial charge in [0.15, 0.2) is 5.13 Å². The Labute approximate surface area is 145 Å². The van der Waals surface area contributed by atoms with E-state index in [1.165, 1.54) is 16.9 Å². The Morgan fingerprint density at radius 1 is 1.21 bits per heavy atom. The molecule has 6 nitrogen and oxygen atoms in total. The number of carbonyl (C=O) groups is 2. The summed E-state index contributed by atoms with van der Waals surface area (Å²) in [7, 11) is 0. The SMILES string of the molecule is Cc1ccc(-c2csc(NC(=O)CNC(=O)OC(C)(C)C)n2)cc1. The minimum atomic E-state index is -0.628. The third-order valence-corrected chi connectivity index (χ3v) is 3.65. The first kappa shape index (κ1) is 17.9. The number of hydrogen-bond donors (Lipinski definition) is 2. The molecule has 0 atom stereocenters. The molecule has 2 rings (SSSR count). The Bertz CT molecular complexity index is 717. The van der Waals surface area contributed by atoms with Crippen LogP contribution in [-0.2, 0) is 9.53 Å². The van der Waals surface area contributed by atoms with Crippen LogP contribution >= 0.6 is 11.3 Å². The average molecular weight is 347 g/mol. The highest BCUT2D eigenvalue weighted by molar-refractivity contribution is 7.14. The highest BCUT2D eigenvalue weighted by Crippen LogP contribution is 2.24. The summed E-state index contributed by atoms with van der Waals surface area (Å²) in [6.45, 7) is 7.13. The van der Waals surface area contributed by atoms with E-state index in [1.807, 2.05) is 36.6 Å². The van der Waals surface area contributed by atoms with Crippen LogP contribution in [0.25, 0.3) is 11.3 Å². The van der Waals surface area contributed by atoms with E-state index in [-0.39, 0.29) is 12.5 Å². The summed E-state index contributed by atoms with van der Waals surface area (Å²) < 4.78 is 5.07. The number of nitrogens with zero attached hydrogens (tertiary/aromatic N) is 1. The van der Waals surface area contributed by atoms with Gasteiger partial charge in [-0.1, -0.05) is 29.8 Å². The highest BCUT2D eigenvalue weighted by Gasteiger charge is 2.17. The number of carbonyl (C=O) groups excluding carboxylic acids is 2. The van der Waals surface area contributed by atoms with E-state index in [0.717, 1.165) is 11.3 Å². The van der Waals surface area contributed by atoms with Crippen molar-refractivity contribution < 1.29 is 14.3 Å².